The molecule has 2 saturated heterocycles. The minimum absolute atomic E-state index is 0.0214. The Morgan fingerprint density at radius 2 is 1.93 bits per heavy atom. The van der Waals surface area contributed by atoms with Gasteiger partial charge in [0, 0.05) is 44.3 Å². The average Bonchev–Trinajstić information content (AvgIpc) is 3.42. The highest BCUT2D eigenvalue weighted by Gasteiger charge is 2.71. The zero-order chi connectivity index (χ0) is 28.9. The molecule has 0 amide bonds. The molecule has 7 aliphatic rings. The standard InChI is InChI=1S/C31H42O10/c1-16(32)39-23-14-30(34)20-6-5-18-12-21-22(40-27-31(35,41-21)24(36-4)8-10-37-27)13-28(18,2)19(20)7-9-29(30,3)26(23)17-11-25(33)38-15-17/h11-12,19-24,26-27,34-35H,5-10,13-15H2,1-4H3/t19-,20+,21+,22+,23?,24-,26-,27-,28-,29+,30-,31+/m0/s1. The van der Waals surface area contributed by atoms with Gasteiger partial charge in [0.2, 0.25) is 12.1 Å². The maximum absolute atomic E-state index is 12.7. The summed E-state index contributed by atoms with van der Waals surface area (Å²) in [5, 5.41) is 24.1. The number of carbonyl (C=O) groups excluding carboxylic acids is 2. The van der Waals surface area contributed by atoms with E-state index < -0.39 is 41.4 Å². The van der Waals surface area contributed by atoms with Crippen molar-refractivity contribution >= 4 is 11.9 Å². The molecule has 3 aliphatic heterocycles. The lowest BCUT2D eigenvalue weighted by Crippen LogP contribution is -2.68. The molecule has 2 N–H and O–H groups in total. The van der Waals surface area contributed by atoms with E-state index in [2.05, 4.69) is 19.9 Å². The van der Waals surface area contributed by atoms with Gasteiger partial charge < -0.3 is 38.6 Å². The third kappa shape index (κ3) is 3.83. The predicted octanol–water partition coefficient (Wildman–Crippen LogP) is 2.55. The van der Waals surface area contributed by atoms with Crippen molar-refractivity contribution in [2.24, 2.45) is 28.6 Å². The van der Waals surface area contributed by atoms with Crippen LogP contribution in [0.1, 0.15) is 65.7 Å². The molecule has 4 aliphatic carbocycles. The van der Waals surface area contributed by atoms with Crippen molar-refractivity contribution in [3.8, 4) is 0 Å². The van der Waals surface area contributed by atoms with Gasteiger partial charge in [-0.3, -0.25) is 4.79 Å². The average molecular weight is 575 g/mol. The molecule has 226 valence electrons. The van der Waals surface area contributed by atoms with Gasteiger partial charge in [-0.05, 0) is 54.9 Å². The monoisotopic (exact) mass is 574 g/mol. The van der Waals surface area contributed by atoms with E-state index in [1.807, 2.05) is 0 Å². The fourth-order valence-electron chi connectivity index (χ4n) is 10.2. The first-order chi connectivity index (χ1) is 19.4. The third-order valence-corrected chi connectivity index (χ3v) is 12.0. The van der Waals surface area contributed by atoms with Crippen LogP contribution in [0.4, 0.5) is 0 Å². The van der Waals surface area contributed by atoms with Crippen molar-refractivity contribution in [1.29, 1.82) is 0 Å². The van der Waals surface area contributed by atoms with Crippen LogP contribution >= 0.6 is 0 Å². The van der Waals surface area contributed by atoms with Crippen LogP contribution in [0.5, 0.6) is 0 Å². The van der Waals surface area contributed by atoms with Gasteiger partial charge in [-0.2, -0.15) is 0 Å². The number of methoxy groups -OCH3 is 1. The summed E-state index contributed by atoms with van der Waals surface area (Å²) >= 11 is 0. The van der Waals surface area contributed by atoms with Crippen LogP contribution in [0, 0.1) is 28.6 Å². The van der Waals surface area contributed by atoms with E-state index in [-0.39, 0.29) is 47.8 Å². The van der Waals surface area contributed by atoms with Crippen molar-refractivity contribution in [2.45, 2.75) is 108 Å². The van der Waals surface area contributed by atoms with Gasteiger partial charge >= 0.3 is 11.9 Å². The summed E-state index contributed by atoms with van der Waals surface area (Å²) in [6, 6.07) is 0. The van der Waals surface area contributed by atoms with E-state index in [0.29, 0.717) is 25.9 Å². The normalized spacial score (nSPS) is 52.1. The quantitative estimate of drug-likeness (QED) is 0.383. The number of hydrogen-bond donors (Lipinski definition) is 2. The number of esters is 2. The zero-order valence-electron chi connectivity index (χ0n) is 24.3. The molecule has 1 unspecified atom stereocenters. The SMILES string of the molecule is CO[C@H]1CCO[C@H]2O[C@@H]3C[C@@]4(C)C(=C[C@H]3O[C@@]21O)CC[C@@H]1[C@@H]4CC[C@]2(C)[C@@H](C3=CC(=O)OC3)C(OC(C)=O)C[C@]12O. The molecule has 0 spiro atoms. The lowest BCUT2D eigenvalue weighted by molar-refractivity contribution is -0.441. The first-order valence-electron chi connectivity index (χ1n) is 15.1. The van der Waals surface area contributed by atoms with Crippen LogP contribution in [0.25, 0.3) is 0 Å². The van der Waals surface area contributed by atoms with Gasteiger partial charge in [0.1, 0.15) is 24.9 Å². The molecule has 0 aromatic heterocycles. The molecule has 0 bridgehead atoms. The molecule has 3 heterocycles. The Balaban J connectivity index is 1.21. The van der Waals surface area contributed by atoms with Crippen molar-refractivity contribution in [2.75, 3.05) is 20.3 Å². The van der Waals surface area contributed by atoms with Crippen LogP contribution in [0.3, 0.4) is 0 Å². The molecule has 41 heavy (non-hydrogen) atoms. The minimum Gasteiger partial charge on any atom is -0.462 e. The summed E-state index contributed by atoms with van der Waals surface area (Å²) in [4.78, 5) is 24.2. The van der Waals surface area contributed by atoms with Crippen LogP contribution < -0.4 is 0 Å². The predicted molar refractivity (Wildman–Crippen MR) is 142 cm³/mol. The molecular weight excluding hydrogens is 532 g/mol. The van der Waals surface area contributed by atoms with Crippen molar-refractivity contribution in [3.63, 3.8) is 0 Å². The number of ether oxygens (including phenoxy) is 6. The maximum atomic E-state index is 12.7. The maximum Gasteiger partial charge on any atom is 0.331 e. The fourth-order valence-corrected chi connectivity index (χ4v) is 10.2. The molecule has 10 heteroatoms. The van der Waals surface area contributed by atoms with E-state index in [0.717, 1.165) is 31.3 Å². The fraction of sp³-hybridized carbons (Fsp3) is 0.806. The van der Waals surface area contributed by atoms with Gasteiger partial charge in [0.25, 0.3) is 0 Å². The first kappa shape index (κ1) is 28.0. The van der Waals surface area contributed by atoms with Gasteiger partial charge in [-0.25, -0.2) is 4.79 Å². The molecule has 10 nitrogen and oxygen atoms in total. The van der Waals surface area contributed by atoms with Gasteiger partial charge in [0.05, 0.1) is 18.3 Å². The van der Waals surface area contributed by atoms with Crippen molar-refractivity contribution in [3.05, 3.63) is 23.3 Å². The van der Waals surface area contributed by atoms with Crippen LogP contribution in [0.2, 0.25) is 0 Å². The van der Waals surface area contributed by atoms with E-state index in [4.69, 9.17) is 28.4 Å². The molecule has 0 radical (unpaired) electrons. The molecule has 0 aromatic rings. The number of allylic oxidation sites excluding steroid dienone is 1. The highest BCUT2D eigenvalue weighted by atomic mass is 16.8. The van der Waals surface area contributed by atoms with Crippen LogP contribution in [0.15, 0.2) is 23.3 Å². The van der Waals surface area contributed by atoms with Gasteiger partial charge in [-0.1, -0.05) is 25.5 Å². The smallest absolute Gasteiger partial charge is 0.331 e. The van der Waals surface area contributed by atoms with Crippen LogP contribution in [-0.4, -0.2) is 84.6 Å². The second kappa shape index (κ2) is 9.34. The summed E-state index contributed by atoms with van der Waals surface area (Å²) in [7, 11) is 1.56. The second-order valence-corrected chi connectivity index (χ2v) is 13.8. The Kier molecular flexibility index (Phi) is 6.37. The number of hydrogen-bond acceptors (Lipinski definition) is 10. The topological polar surface area (TPSA) is 130 Å². The minimum atomic E-state index is -1.66. The summed E-state index contributed by atoms with van der Waals surface area (Å²) < 4.78 is 35.2. The number of aliphatic hydroxyl groups is 2. The van der Waals surface area contributed by atoms with Crippen LogP contribution in [-0.2, 0) is 38.0 Å². The summed E-state index contributed by atoms with van der Waals surface area (Å²) in [5.41, 5.74) is 0.196. The Morgan fingerprint density at radius 1 is 1.12 bits per heavy atom. The van der Waals surface area contributed by atoms with Gasteiger partial charge in [0.15, 0.2) is 0 Å². The Labute approximate surface area is 240 Å². The van der Waals surface area contributed by atoms with E-state index >= 15 is 0 Å². The number of rotatable bonds is 3. The molecule has 7 rings (SSSR count). The lowest BCUT2D eigenvalue weighted by Gasteiger charge is -2.63. The Morgan fingerprint density at radius 3 is 2.63 bits per heavy atom. The summed E-state index contributed by atoms with van der Waals surface area (Å²) in [6.45, 7) is 6.37. The van der Waals surface area contributed by atoms with Crippen molar-refractivity contribution < 1.29 is 48.2 Å². The van der Waals surface area contributed by atoms with Gasteiger partial charge in [-0.15, -0.1) is 0 Å². The highest BCUT2D eigenvalue weighted by molar-refractivity contribution is 5.85. The first-order valence-corrected chi connectivity index (χ1v) is 15.1. The second-order valence-electron chi connectivity index (χ2n) is 13.8. The number of carbonyl (C=O) groups is 2. The van der Waals surface area contributed by atoms with E-state index in [9.17, 15) is 19.8 Å². The highest BCUT2D eigenvalue weighted by Crippen LogP contribution is 2.70. The summed E-state index contributed by atoms with van der Waals surface area (Å²) in [6.07, 6.45) is 5.71. The number of fused-ring (bicyclic) bond motifs is 7. The Bertz CT molecular complexity index is 1200. The molecule has 12 atom stereocenters. The Hall–Kier alpha value is -1.82. The van der Waals surface area contributed by atoms with E-state index in [1.54, 1.807) is 7.11 Å². The van der Waals surface area contributed by atoms with E-state index in [1.165, 1.54) is 18.6 Å². The summed E-state index contributed by atoms with van der Waals surface area (Å²) in [5.74, 6) is -2.56. The lowest BCUT2D eigenvalue weighted by atomic mass is 9.45. The largest absolute Gasteiger partial charge is 0.462 e. The molecule has 5 fully saturated rings. The number of cyclic esters (lactones) is 1. The zero-order valence-corrected chi connectivity index (χ0v) is 24.3. The van der Waals surface area contributed by atoms with Crippen molar-refractivity contribution in [1.82, 2.24) is 0 Å². The molecule has 3 saturated carbocycles. The molecule has 0 aromatic carbocycles. The third-order valence-electron chi connectivity index (χ3n) is 12.0. The molecular formula is C31H42O10.